The summed E-state index contributed by atoms with van der Waals surface area (Å²) in [5, 5.41) is 1.49. The van der Waals surface area contributed by atoms with Gasteiger partial charge in [-0.05, 0) is 18.2 Å². The van der Waals surface area contributed by atoms with Crippen LogP contribution < -0.4 is 5.73 Å². The summed E-state index contributed by atoms with van der Waals surface area (Å²) in [6, 6.07) is 5.34. The molecule has 0 saturated carbocycles. The molecule has 0 heterocycles. The molecule has 0 spiro atoms. The van der Waals surface area contributed by atoms with Gasteiger partial charge < -0.3 is 5.73 Å². The first-order valence-corrected chi connectivity index (χ1v) is 5.34. The first kappa shape index (κ1) is 10.4. The minimum absolute atomic E-state index is 0.613. The molecule has 68 valence electrons. The minimum atomic E-state index is 0.613. The molecule has 0 aliphatic rings. The summed E-state index contributed by atoms with van der Waals surface area (Å²) in [7, 11) is 0. The van der Waals surface area contributed by atoms with Gasteiger partial charge in [-0.25, -0.2) is 0 Å². The summed E-state index contributed by atoms with van der Waals surface area (Å²) in [4.78, 5) is 0. The summed E-state index contributed by atoms with van der Waals surface area (Å²) in [6.07, 6.45) is 0.820. The Bertz CT molecular complexity index is 352. The van der Waals surface area contributed by atoms with Gasteiger partial charge in [-0.1, -0.05) is 39.4 Å². The molecule has 0 fully saturated rings. The molecule has 1 rings (SSSR count). The molecule has 0 saturated heterocycles. The van der Waals surface area contributed by atoms with Gasteiger partial charge in [0.2, 0.25) is 0 Å². The lowest BCUT2D eigenvalue weighted by Crippen LogP contribution is -1.85. The van der Waals surface area contributed by atoms with Crippen molar-refractivity contribution >= 4 is 33.2 Å². The molecule has 1 aromatic carbocycles. The smallest absolute Gasteiger partial charge is 0.0582 e. The molecule has 3 heteroatoms. The van der Waals surface area contributed by atoms with Crippen LogP contribution in [-0.4, -0.2) is 5.33 Å². The lowest BCUT2D eigenvalue weighted by Gasteiger charge is -1.96. The largest absolute Gasteiger partial charge is 0.399 e. The summed E-state index contributed by atoms with van der Waals surface area (Å²) in [5.74, 6) is 5.96. The first-order valence-electron chi connectivity index (χ1n) is 3.84. The number of alkyl halides is 1. The maximum Gasteiger partial charge on any atom is 0.0582 e. The predicted molar refractivity (Wildman–Crippen MR) is 61.2 cm³/mol. The third kappa shape index (κ3) is 3.30. The van der Waals surface area contributed by atoms with E-state index >= 15 is 0 Å². The van der Waals surface area contributed by atoms with E-state index in [1.165, 1.54) is 0 Å². The van der Waals surface area contributed by atoms with Gasteiger partial charge in [0.1, 0.15) is 0 Å². The standard InChI is InChI=1S/C10H9BrClN/c11-6-2-1-3-8-4-5-9(13)7-10(8)12/h4-5,7H,2,6,13H2. The van der Waals surface area contributed by atoms with Gasteiger partial charge in [0.15, 0.2) is 0 Å². The fourth-order valence-corrected chi connectivity index (χ4v) is 1.27. The third-order valence-electron chi connectivity index (χ3n) is 1.44. The van der Waals surface area contributed by atoms with Crippen LogP contribution in [0.4, 0.5) is 5.69 Å². The van der Waals surface area contributed by atoms with Crippen LogP contribution in [0.15, 0.2) is 18.2 Å². The summed E-state index contributed by atoms with van der Waals surface area (Å²) >= 11 is 9.21. The van der Waals surface area contributed by atoms with Crippen molar-refractivity contribution in [3.05, 3.63) is 28.8 Å². The molecule has 1 nitrogen and oxygen atoms in total. The number of hydrogen-bond acceptors (Lipinski definition) is 1. The zero-order valence-corrected chi connectivity index (χ0v) is 9.32. The average molecular weight is 259 g/mol. The average Bonchev–Trinajstić information content (AvgIpc) is 2.09. The van der Waals surface area contributed by atoms with Crippen molar-refractivity contribution in [3.63, 3.8) is 0 Å². The number of benzene rings is 1. The molecule has 0 radical (unpaired) electrons. The SMILES string of the molecule is Nc1ccc(C#CCCBr)c(Cl)c1. The van der Waals surface area contributed by atoms with E-state index in [1.807, 2.05) is 6.07 Å². The number of halogens is 2. The maximum atomic E-state index is 5.91. The lowest BCUT2D eigenvalue weighted by molar-refractivity contribution is 1.32. The second-order valence-corrected chi connectivity index (χ2v) is 3.68. The van der Waals surface area contributed by atoms with Crippen LogP contribution in [0.3, 0.4) is 0 Å². The van der Waals surface area contributed by atoms with E-state index in [9.17, 15) is 0 Å². The highest BCUT2D eigenvalue weighted by Crippen LogP contribution is 2.17. The molecular formula is C10H9BrClN. The van der Waals surface area contributed by atoms with Gasteiger partial charge in [0, 0.05) is 23.0 Å². The monoisotopic (exact) mass is 257 g/mol. The molecule has 0 unspecified atom stereocenters. The summed E-state index contributed by atoms with van der Waals surface area (Å²) < 4.78 is 0. The van der Waals surface area contributed by atoms with Crippen LogP contribution in [0.25, 0.3) is 0 Å². The summed E-state index contributed by atoms with van der Waals surface area (Å²) in [6.45, 7) is 0. The van der Waals surface area contributed by atoms with Crippen LogP contribution in [-0.2, 0) is 0 Å². The summed E-state index contributed by atoms with van der Waals surface area (Å²) in [5.41, 5.74) is 7.04. The minimum Gasteiger partial charge on any atom is -0.399 e. The van der Waals surface area contributed by atoms with Crippen molar-refractivity contribution in [2.75, 3.05) is 11.1 Å². The number of anilines is 1. The Labute approximate surface area is 91.4 Å². The van der Waals surface area contributed by atoms with E-state index in [0.717, 1.165) is 17.3 Å². The molecule has 0 aromatic heterocycles. The maximum absolute atomic E-state index is 5.91. The zero-order chi connectivity index (χ0) is 9.68. The molecule has 0 bridgehead atoms. The van der Waals surface area contributed by atoms with Crippen LogP contribution in [0, 0.1) is 11.8 Å². The van der Waals surface area contributed by atoms with Crippen molar-refractivity contribution < 1.29 is 0 Å². The molecular weight excluding hydrogens is 249 g/mol. The van der Waals surface area contributed by atoms with Crippen molar-refractivity contribution in [3.8, 4) is 11.8 Å². The van der Waals surface area contributed by atoms with Crippen LogP contribution >= 0.6 is 27.5 Å². The van der Waals surface area contributed by atoms with E-state index in [1.54, 1.807) is 12.1 Å². The highest BCUT2D eigenvalue weighted by Gasteiger charge is 1.95. The molecule has 13 heavy (non-hydrogen) atoms. The fourth-order valence-electron chi connectivity index (χ4n) is 0.838. The van der Waals surface area contributed by atoms with Gasteiger partial charge in [-0.3, -0.25) is 0 Å². The first-order chi connectivity index (χ1) is 6.24. The topological polar surface area (TPSA) is 26.0 Å². The Morgan fingerprint density at radius 2 is 2.23 bits per heavy atom. The van der Waals surface area contributed by atoms with Gasteiger partial charge in [-0.15, -0.1) is 0 Å². The van der Waals surface area contributed by atoms with Crippen LogP contribution in [0.2, 0.25) is 5.02 Å². The Kier molecular flexibility index (Phi) is 4.14. The number of hydrogen-bond donors (Lipinski definition) is 1. The van der Waals surface area contributed by atoms with Gasteiger partial charge in [-0.2, -0.15) is 0 Å². The Morgan fingerprint density at radius 3 is 2.85 bits per heavy atom. The fraction of sp³-hybridized carbons (Fsp3) is 0.200. The Hall–Kier alpha value is -0.650. The van der Waals surface area contributed by atoms with Crippen molar-refractivity contribution in [1.82, 2.24) is 0 Å². The molecule has 0 aliphatic carbocycles. The number of nitrogens with two attached hydrogens (primary N) is 1. The highest BCUT2D eigenvalue weighted by molar-refractivity contribution is 9.09. The normalized spacial score (nSPS) is 9.08. The molecule has 0 aliphatic heterocycles. The molecule has 2 N–H and O–H groups in total. The second kappa shape index (κ2) is 5.16. The van der Waals surface area contributed by atoms with E-state index < -0.39 is 0 Å². The molecule has 0 amide bonds. The molecule has 1 aromatic rings. The zero-order valence-electron chi connectivity index (χ0n) is 6.98. The third-order valence-corrected chi connectivity index (χ3v) is 2.14. The molecule has 0 atom stereocenters. The Balaban J connectivity index is 2.85. The van der Waals surface area contributed by atoms with Crippen LogP contribution in [0.5, 0.6) is 0 Å². The van der Waals surface area contributed by atoms with E-state index in [0.29, 0.717) is 10.7 Å². The number of nitrogen functional groups attached to an aromatic ring is 1. The van der Waals surface area contributed by atoms with E-state index in [2.05, 4.69) is 27.8 Å². The van der Waals surface area contributed by atoms with Crippen molar-refractivity contribution in [1.29, 1.82) is 0 Å². The predicted octanol–water partition coefficient (Wildman–Crippen LogP) is 3.06. The van der Waals surface area contributed by atoms with Gasteiger partial charge in [0.25, 0.3) is 0 Å². The lowest BCUT2D eigenvalue weighted by atomic mass is 10.2. The number of rotatable bonds is 1. The van der Waals surface area contributed by atoms with E-state index in [4.69, 9.17) is 17.3 Å². The quantitative estimate of drug-likeness (QED) is 0.468. The van der Waals surface area contributed by atoms with Crippen LogP contribution in [0.1, 0.15) is 12.0 Å². The Morgan fingerprint density at radius 1 is 1.46 bits per heavy atom. The highest BCUT2D eigenvalue weighted by atomic mass is 79.9. The van der Waals surface area contributed by atoms with E-state index in [-0.39, 0.29) is 0 Å². The van der Waals surface area contributed by atoms with Crippen molar-refractivity contribution in [2.24, 2.45) is 0 Å². The van der Waals surface area contributed by atoms with Gasteiger partial charge in [0.05, 0.1) is 5.02 Å². The second-order valence-electron chi connectivity index (χ2n) is 2.48. The van der Waals surface area contributed by atoms with Crippen molar-refractivity contribution in [2.45, 2.75) is 6.42 Å². The van der Waals surface area contributed by atoms with Gasteiger partial charge >= 0.3 is 0 Å².